The van der Waals surface area contributed by atoms with Crippen molar-refractivity contribution in [3.63, 3.8) is 0 Å². The van der Waals surface area contributed by atoms with Crippen LogP contribution in [0.5, 0.6) is 0 Å². The second kappa shape index (κ2) is 13.7. The Morgan fingerprint density at radius 2 is 1.83 bits per heavy atom. The third-order valence-electron chi connectivity index (χ3n) is 7.51. The van der Waals surface area contributed by atoms with Gasteiger partial charge in [0, 0.05) is 12.6 Å². The molecule has 1 fully saturated rings. The average molecular weight is 564 g/mol. The molecule has 1 saturated heterocycles. The number of hydrazone groups is 1. The Kier molecular flexibility index (Phi) is 10.4. The number of carbonyl (C=O) groups is 3. The number of benzene rings is 2. The number of carboxylic acid groups (broad SMARTS) is 2. The quantitative estimate of drug-likeness (QED) is 0.0903. The maximum absolute atomic E-state index is 12.9. The van der Waals surface area contributed by atoms with Gasteiger partial charge in [-0.15, -0.1) is 0 Å². The summed E-state index contributed by atoms with van der Waals surface area (Å²) in [6, 6.07) is 12.5. The van der Waals surface area contributed by atoms with Crippen molar-refractivity contribution in [2.24, 2.45) is 16.7 Å². The van der Waals surface area contributed by atoms with E-state index in [2.05, 4.69) is 22.0 Å². The fraction of sp³-hybridized carbons (Fsp3) is 0.414. The van der Waals surface area contributed by atoms with Gasteiger partial charge in [0.15, 0.2) is 0 Å². The minimum absolute atomic E-state index is 0.000660. The summed E-state index contributed by atoms with van der Waals surface area (Å²) in [4.78, 5) is 37.9. The van der Waals surface area contributed by atoms with Gasteiger partial charge in [0.2, 0.25) is 5.91 Å². The number of aromatic carboxylic acids is 2. The summed E-state index contributed by atoms with van der Waals surface area (Å²) >= 11 is 0. The predicted molar refractivity (Wildman–Crippen MR) is 153 cm³/mol. The Morgan fingerprint density at radius 1 is 1.17 bits per heavy atom. The predicted octanol–water partition coefficient (Wildman–Crippen LogP) is 1.94. The molecule has 3 rings (SSSR count). The van der Waals surface area contributed by atoms with Crippen LogP contribution < -0.4 is 22.4 Å². The van der Waals surface area contributed by atoms with E-state index in [1.54, 1.807) is 29.2 Å². The highest BCUT2D eigenvalue weighted by Crippen LogP contribution is 2.40. The van der Waals surface area contributed by atoms with Crippen LogP contribution >= 0.6 is 0 Å². The molecule has 1 heterocycles. The second-order valence-corrected chi connectivity index (χ2v) is 10.2. The van der Waals surface area contributed by atoms with E-state index < -0.39 is 23.4 Å². The largest absolute Gasteiger partial charge is 0.478 e. The molecule has 0 radical (unpaired) electrons. The van der Waals surface area contributed by atoms with E-state index in [1.807, 2.05) is 13.8 Å². The number of nitrogens with two attached hydrogens (primary N) is 2. The van der Waals surface area contributed by atoms with E-state index >= 15 is 0 Å². The van der Waals surface area contributed by atoms with E-state index in [9.17, 15) is 29.9 Å². The molecule has 12 nitrogen and oxygen atoms in total. The first-order valence-electron chi connectivity index (χ1n) is 13.5. The molecule has 12 heteroatoms. The Balaban J connectivity index is 2.13. The van der Waals surface area contributed by atoms with Gasteiger partial charge in [-0.2, -0.15) is 10.4 Å². The molecule has 3 atom stereocenters. The Hall–Kier alpha value is -4.47. The zero-order valence-electron chi connectivity index (χ0n) is 23.3. The van der Waals surface area contributed by atoms with Crippen LogP contribution in [0.25, 0.3) is 0 Å². The molecule has 0 bridgehead atoms. The monoisotopic (exact) mass is 563 g/mol. The summed E-state index contributed by atoms with van der Waals surface area (Å²) in [6.45, 7) is 4.39. The van der Waals surface area contributed by atoms with Gasteiger partial charge in [-0.3, -0.25) is 4.79 Å². The Labute approximate surface area is 239 Å². The van der Waals surface area contributed by atoms with E-state index in [-0.39, 0.29) is 41.9 Å². The SMILES string of the molecule is CCCc1cc(C(=O)O)ccc1C(CC(C)NCC(=O)N1CCCC1C#N)(/C(N)=N/NN)c1ccc(C(=O)O)cc1. The van der Waals surface area contributed by atoms with Crippen LogP contribution in [-0.2, 0) is 16.6 Å². The van der Waals surface area contributed by atoms with E-state index in [0.717, 1.165) is 12.0 Å². The van der Waals surface area contributed by atoms with Gasteiger partial charge in [0.1, 0.15) is 11.9 Å². The zero-order chi connectivity index (χ0) is 30.2. The van der Waals surface area contributed by atoms with Crippen molar-refractivity contribution in [1.29, 1.82) is 5.26 Å². The van der Waals surface area contributed by atoms with Crippen LogP contribution in [0.4, 0.5) is 0 Å². The molecule has 2 aromatic rings. The minimum Gasteiger partial charge on any atom is -0.478 e. The topological polar surface area (TPSA) is 207 Å². The van der Waals surface area contributed by atoms with Gasteiger partial charge in [-0.05, 0) is 73.6 Å². The molecular formula is C29H37N7O5. The number of amides is 1. The first-order valence-corrected chi connectivity index (χ1v) is 13.5. The van der Waals surface area contributed by atoms with Crippen molar-refractivity contribution in [3.05, 3.63) is 70.3 Å². The van der Waals surface area contributed by atoms with Crippen molar-refractivity contribution >= 4 is 23.7 Å². The van der Waals surface area contributed by atoms with Gasteiger partial charge in [0.25, 0.3) is 0 Å². The van der Waals surface area contributed by atoms with Crippen molar-refractivity contribution < 1.29 is 24.6 Å². The van der Waals surface area contributed by atoms with Crippen LogP contribution in [0.1, 0.15) is 76.9 Å². The van der Waals surface area contributed by atoms with Crippen molar-refractivity contribution in [3.8, 4) is 6.07 Å². The van der Waals surface area contributed by atoms with Crippen LogP contribution in [-0.4, -0.2) is 64.0 Å². The Bertz CT molecular complexity index is 1340. The summed E-state index contributed by atoms with van der Waals surface area (Å²) in [7, 11) is 0. The van der Waals surface area contributed by atoms with Crippen molar-refractivity contribution in [2.75, 3.05) is 13.1 Å². The summed E-state index contributed by atoms with van der Waals surface area (Å²) < 4.78 is 0. The molecule has 1 amide bonds. The van der Waals surface area contributed by atoms with Gasteiger partial charge >= 0.3 is 11.9 Å². The molecule has 0 aromatic heterocycles. The number of hydrogen-bond acceptors (Lipinski definition) is 8. The fourth-order valence-corrected chi connectivity index (χ4v) is 5.55. The lowest BCUT2D eigenvalue weighted by Gasteiger charge is -2.38. The lowest BCUT2D eigenvalue weighted by molar-refractivity contribution is -0.130. The molecule has 0 aliphatic carbocycles. The number of aryl methyl sites for hydroxylation is 1. The highest BCUT2D eigenvalue weighted by atomic mass is 16.4. The van der Waals surface area contributed by atoms with Crippen LogP contribution in [0.2, 0.25) is 0 Å². The van der Waals surface area contributed by atoms with Gasteiger partial charge < -0.3 is 26.2 Å². The molecule has 2 aromatic carbocycles. The Morgan fingerprint density at radius 3 is 2.41 bits per heavy atom. The van der Waals surface area contributed by atoms with Crippen molar-refractivity contribution in [2.45, 2.75) is 63.5 Å². The van der Waals surface area contributed by atoms with Crippen LogP contribution in [0.3, 0.4) is 0 Å². The number of nitriles is 1. The van der Waals surface area contributed by atoms with Gasteiger partial charge in [-0.1, -0.05) is 31.5 Å². The highest BCUT2D eigenvalue weighted by Gasteiger charge is 2.42. The normalized spacial score (nSPS) is 17.4. The maximum Gasteiger partial charge on any atom is 0.335 e. The lowest BCUT2D eigenvalue weighted by atomic mass is 9.67. The maximum atomic E-state index is 12.9. The number of nitrogens with zero attached hydrogens (tertiary/aromatic N) is 3. The molecule has 0 saturated carbocycles. The van der Waals surface area contributed by atoms with E-state index in [1.165, 1.54) is 18.2 Å². The highest BCUT2D eigenvalue weighted by molar-refractivity contribution is 5.97. The average Bonchev–Trinajstić information content (AvgIpc) is 3.44. The standard InChI is InChI=1S/C29H37N7O5/c1-3-5-20-14-21(27(40)41)9-12-24(20)29(28(31)34-35-32,22-10-7-19(8-11-22)26(38)39)15-18(2)33-17-25(37)36-13-4-6-23(36)16-30/h7-12,14,18,23,33,35H,3-6,13,15,17,32H2,1-2H3,(H2,31,34)(H,38,39)(H,40,41). The third-order valence-corrected chi connectivity index (χ3v) is 7.51. The summed E-state index contributed by atoms with van der Waals surface area (Å²) in [5, 5.41) is 35.9. The number of rotatable bonds is 13. The lowest BCUT2D eigenvalue weighted by Crippen LogP contribution is -2.50. The summed E-state index contributed by atoms with van der Waals surface area (Å²) in [5.74, 6) is 3.31. The molecule has 8 N–H and O–H groups in total. The van der Waals surface area contributed by atoms with Gasteiger partial charge in [-0.25, -0.2) is 21.0 Å². The minimum atomic E-state index is -1.19. The summed E-state index contributed by atoms with van der Waals surface area (Å²) in [5.41, 5.74) is 9.97. The van der Waals surface area contributed by atoms with Crippen molar-refractivity contribution in [1.82, 2.24) is 15.8 Å². The van der Waals surface area contributed by atoms with E-state index in [4.69, 9.17) is 11.6 Å². The summed E-state index contributed by atoms with van der Waals surface area (Å²) in [6.07, 6.45) is 2.95. The molecular weight excluding hydrogens is 526 g/mol. The molecule has 3 unspecified atom stereocenters. The van der Waals surface area contributed by atoms with E-state index in [0.29, 0.717) is 36.9 Å². The molecule has 1 aliphatic heterocycles. The molecule has 218 valence electrons. The smallest absolute Gasteiger partial charge is 0.335 e. The number of amidine groups is 1. The zero-order valence-corrected chi connectivity index (χ0v) is 23.3. The molecule has 1 aliphatic rings. The number of carbonyl (C=O) groups excluding carboxylic acids is 1. The van der Waals surface area contributed by atoms with Crippen LogP contribution in [0, 0.1) is 11.3 Å². The second-order valence-electron chi connectivity index (χ2n) is 10.2. The molecule has 41 heavy (non-hydrogen) atoms. The first-order chi connectivity index (χ1) is 19.6. The van der Waals surface area contributed by atoms with Gasteiger partial charge in [0.05, 0.1) is 29.2 Å². The fourth-order valence-electron chi connectivity index (χ4n) is 5.55. The molecule has 0 spiro atoms. The van der Waals surface area contributed by atoms with Crippen LogP contribution in [0.15, 0.2) is 47.6 Å². The number of hydrazine groups is 1. The number of carboxylic acids is 2. The number of nitrogens with one attached hydrogen (secondary N) is 2. The first kappa shape index (κ1) is 31.1. The number of hydrogen-bond donors (Lipinski definition) is 6. The third kappa shape index (κ3) is 6.82. The number of likely N-dealkylation sites (tertiary alicyclic amines) is 1.